The summed E-state index contributed by atoms with van der Waals surface area (Å²) in [5.41, 5.74) is 0.608. The van der Waals surface area contributed by atoms with Gasteiger partial charge in [-0.1, -0.05) is 13.8 Å². The van der Waals surface area contributed by atoms with E-state index in [1.165, 1.54) is 5.01 Å². The monoisotopic (exact) mass is 226 g/mol. The Hall–Kier alpha value is -1.39. The minimum Gasteiger partial charge on any atom is -0.481 e. The fourth-order valence-electron chi connectivity index (χ4n) is 1.62. The number of carbonyl (C=O) groups excluding carboxylic acids is 1. The summed E-state index contributed by atoms with van der Waals surface area (Å²) in [6.45, 7) is 6.43. The number of carbonyl (C=O) groups is 2. The molecule has 0 spiro atoms. The van der Waals surface area contributed by atoms with Gasteiger partial charge in [0.05, 0.1) is 12.3 Å². The van der Waals surface area contributed by atoms with E-state index in [-0.39, 0.29) is 12.3 Å². The van der Waals surface area contributed by atoms with Crippen LogP contribution in [0.2, 0.25) is 0 Å². The maximum Gasteiger partial charge on any atom is 0.304 e. The van der Waals surface area contributed by atoms with Crippen LogP contribution in [0.15, 0.2) is 5.10 Å². The predicted molar refractivity (Wildman–Crippen MR) is 60.0 cm³/mol. The Balaban J connectivity index is 2.59. The lowest BCUT2D eigenvalue weighted by molar-refractivity contribution is -0.141. The van der Waals surface area contributed by atoms with Gasteiger partial charge in [0.2, 0.25) is 0 Å². The fraction of sp³-hybridized carbons (Fsp3) is 0.727. The first-order valence-corrected chi connectivity index (χ1v) is 5.50. The molecule has 0 radical (unpaired) electrons. The van der Waals surface area contributed by atoms with Gasteiger partial charge in [-0.05, 0) is 19.3 Å². The first-order chi connectivity index (χ1) is 7.41. The van der Waals surface area contributed by atoms with Crippen LogP contribution >= 0.6 is 0 Å². The molecule has 1 heterocycles. The van der Waals surface area contributed by atoms with Gasteiger partial charge in [0.1, 0.15) is 0 Å². The number of rotatable bonds is 5. The molecule has 0 aromatic heterocycles. The third-order valence-electron chi connectivity index (χ3n) is 2.63. The highest BCUT2D eigenvalue weighted by atomic mass is 16.4. The van der Waals surface area contributed by atoms with Crippen molar-refractivity contribution >= 4 is 17.6 Å². The molecule has 1 rings (SSSR count). The van der Waals surface area contributed by atoms with Crippen molar-refractivity contribution in [3.05, 3.63) is 0 Å². The van der Waals surface area contributed by atoms with Gasteiger partial charge in [0.15, 0.2) is 0 Å². The van der Waals surface area contributed by atoms with Crippen molar-refractivity contribution < 1.29 is 14.7 Å². The molecule has 0 fully saturated rings. The van der Waals surface area contributed by atoms with Crippen molar-refractivity contribution in [1.82, 2.24) is 5.01 Å². The molecule has 5 heteroatoms. The summed E-state index contributed by atoms with van der Waals surface area (Å²) in [4.78, 5) is 22.4. The third-order valence-corrected chi connectivity index (χ3v) is 2.63. The van der Waals surface area contributed by atoms with Crippen LogP contribution in [0.1, 0.15) is 33.6 Å². The van der Waals surface area contributed by atoms with Gasteiger partial charge in [-0.15, -0.1) is 0 Å². The van der Waals surface area contributed by atoms with Crippen molar-refractivity contribution in [3.8, 4) is 0 Å². The molecule has 0 bridgehead atoms. The summed E-state index contributed by atoms with van der Waals surface area (Å²) in [5.74, 6) is -1.20. The minimum atomic E-state index is -0.960. The quantitative estimate of drug-likeness (QED) is 0.769. The molecule has 5 nitrogen and oxygen atoms in total. The molecular formula is C11H18N2O3. The molecule has 0 aromatic rings. The van der Waals surface area contributed by atoms with Crippen LogP contribution in [0.25, 0.3) is 0 Å². The number of hydrazone groups is 1. The minimum absolute atomic E-state index is 0.160. The SMILES string of the molecule is CC1=NN(CCC(C)C)C(=O)[C@@H]1CC(=O)O. The zero-order valence-electron chi connectivity index (χ0n) is 9.93. The van der Waals surface area contributed by atoms with Crippen LogP contribution < -0.4 is 0 Å². The highest BCUT2D eigenvalue weighted by molar-refractivity contribution is 6.08. The van der Waals surface area contributed by atoms with Gasteiger partial charge in [-0.3, -0.25) is 9.59 Å². The van der Waals surface area contributed by atoms with E-state index < -0.39 is 11.9 Å². The van der Waals surface area contributed by atoms with Crippen molar-refractivity contribution in [3.63, 3.8) is 0 Å². The van der Waals surface area contributed by atoms with Crippen molar-refractivity contribution in [2.24, 2.45) is 16.9 Å². The van der Waals surface area contributed by atoms with Crippen LogP contribution in [0.5, 0.6) is 0 Å². The molecule has 1 amide bonds. The first-order valence-electron chi connectivity index (χ1n) is 5.50. The Bertz CT molecular complexity index is 323. The van der Waals surface area contributed by atoms with Gasteiger partial charge in [0.25, 0.3) is 5.91 Å². The highest BCUT2D eigenvalue weighted by Gasteiger charge is 2.34. The van der Waals surface area contributed by atoms with E-state index in [9.17, 15) is 9.59 Å². The smallest absolute Gasteiger partial charge is 0.304 e. The summed E-state index contributed by atoms with van der Waals surface area (Å²) in [7, 11) is 0. The zero-order valence-corrected chi connectivity index (χ0v) is 9.93. The molecule has 0 aliphatic carbocycles. The molecule has 1 N–H and O–H groups in total. The van der Waals surface area contributed by atoms with Crippen LogP contribution in [-0.2, 0) is 9.59 Å². The number of carboxylic acids is 1. The number of nitrogens with zero attached hydrogens (tertiary/aromatic N) is 2. The molecule has 1 aliphatic rings. The maximum atomic E-state index is 11.8. The van der Waals surface area contributed by atoms with Crippen LogP contribution in [0.4, 0.5) is 0 Å². The Morgan fingerprint density at radius 1 is 1.56 bits per heavy atom. The lowest BCUT2D eigenvalue weighted by Gasteiger charge is -2.14. The van der Waals surface area contributed by atoms with Gasteiger partial charge in [0, 0.05) is 12.3 Å². The van der Waals surface area contributed by atoms with E-state index in [0.29, 0.717) is 18.2 Å². The summed E-state index contributed by atoms with van der Waals surface area (Å²) in [5, 5.41) is 14.2. The number of carboxylic acid groups (broad SMARTS) is 1. The molecule has 0 unspecified atom stereocenters. The van der Waals surface area contributed by atoms with E-state index >= 15 is 0 Å². The lowest BCUT2D eigenvalue weighted by atomic mass is 10.0. The second kappa shape index (κ2) is 5.09. The number of amides is 1. The molecule has 1 atom stereocenters. The van der Waals surface area contributed by atoms with Gasteiger partial charge < -0.3 is 5.11 Å². The Morgan fingerprint density at radius 2 is 2.19 bits per heavy atom. The van der Waals surface area contributed by atoms with E-state index in [2.05, 4.69) is 18.9 Å². The second-order valence-corrected chi connectivity index (χ2v) is 4.54. The molecule has 0 aromatic carbocycles. The second-order valence-electron chi connectivity index (χ2n) is 4.54. The highest BCUT2D eigenvalue weighted by Crippen LogP contribution is 2.19. The Kier molecular flexibility index (Phi) is 4.04. The topological polar surface area (TPSA) is 70.0 Å². The average molecular weight is 226 g/mol. The largest absolute Gasteiger partial charge is 0.481 e. The number of aliphatic carboxylic acids is 1. The van der Waals surface area contributed by atoms with Gasteiger partial charge in [-0.2, -0.15) is 5.10 Å². The molecular weight excluding hydrogens is 208 g/mol. The van der Waals surface area contributed by atoms with Crippen molar-refractivity contribution in [2.75, 3.05) is 6.54 Å². The van der Waals surface area contributed by atoms with Gasteiger partial charge >= 0.3 is 5.97 Å². The van der Waals surface area contributed by atoms with Crippen LogP contribution in [0.3, 0.4) is 0 Å². The Morgan fingerprint density at radius 3 is 2.69 bits per heavy atom. The summed E-state index contributed by atoms with van der Waals surface area (Å²) < 4.78 is 0. The fourth-order valence-corrected chi connectivity index (χ4v) is 1.62. The zero-order chi connectivity index (χ0) is 12.3. The summed E-state index contributed by atoms with van der Waals surface area (Å²) >= 11 is 0. The average Bonchev–Trinajstić information content (AvgIpc) is 2.42. The van der Waals surface area contributed by atoms with Gasteiger partial charge in [-0.25, -0.2) is 5.01 Å². The molecule has 0 saturated carbocycles. The third kappa shape index (κ3) is 3.05. The molecule has 0 saturated heterocycles. The van der Waals surface area contributed by atoms with Crippen LogP contribution in [-0.4, -0.2) is 34.2 Å². The van der Waals surface area contributed by atoms with Crippen LogP contribution in [0, 0.1) is 11.8 Å². The lowest BCUT2D eigenvalue weighted by Crippen LogP contribution is -2.30. The van der Waals surface area contributed by atoms with Crippen molar-refractivity contribution in [2.45, 2.75) is 33.6 Å². The standard InChI is InChI=1S/C11H18N2O3/c1-7(2)4-5-13-11(16)9(6-10(14)15)8(3)12-13/h7,9H,4-6H2,1-3H3,(H,14,15)/t9-/m1/s1. The van der Waals surface area contributed by atoms with Crippen molar-refractivity contribution in [1.29, 1.82) is 0 Å². The number of hydrogen-bond donors (Lipinski definition) is 1. The number of hydrogen-bond acceptors (Lipinski definition) is 3. The normalized spacial score (nSPS) is 20.5. The summed E-state index contributed by atoms with van der Waals surface area (Å²) in [6.07, 6.45) is 0.717. The van der Waals surface area contributed by atoms with E-state index in [4.69, 9.17) is 5.11 Å². The summed E-state index contributed by atoms with van der Waals surface area (Å²) in [6, 6.07) is 0. The van der Waals surface area contributed by atoms with E-state index in [1.54, 1.807) is 6.92 Å². The Labute approximate surface area is 95.1 Å². The maximum absolute atomic E-state index is 11.8. The van der Waals surface area contributed by atoms with E-state index in [0.717, 1.165) is 6.42 Å². The molecule has 16 heavy (non-hydrogen) atoms. The predicted octanol–water partition coefficient (Wildman–Crippen LogP) is 1.34. The molecule has 1 aliphatic heterocycles. The first kappa shape index (κ1) is 12.7. The van der Waals surface area contributed by atoms with E-state index in [1.807, 2.05) is 0 Å². The molecule has 90 valence electrons.